The lowest BCUT2D eigenvalue weighted by molar-refractivity contribution is -0.130. The van der Waals surface area contributed by atoms with E-state index in [9.17, 15) is 4.79 Å². The minimum absolute atomic E-state index is 0.176. The number of aromatic nitrogens is 2. The zero-order valence-corrected chi connectivity index (χ0v) is 12.2. The van der Waals surface area contributed by atoms with Gasteiger partial charge in [0.2, 0.25) is 5.91 Å². The maximum Gasteiger partial charge on any atom is 0.227 e. The minimum atomic E-state index is 0.176. The fourth-order valence-electron chi connectivity index (χ4n) is 2.66. The molecule has 0 saturated carbocycles. The van der Waals surface area contributed by atoms with Crippen LogP contribution < -0.4 is 5.32 Å². The first-order valence-electron chi connectivity index (χ1n) is 7.29. The van der Waals surface area contributed by atoms with Gasteiger partial charge >= 0.3 is 0 Å². The van der Waals surface area contributed by atoms with Crippen molar-refractivity contribution in [3.8, 4) is 5.69 Å². The number of amides is 1. The number of carbonyl (C=O) groups is 1. The molecule has 1 amide bonds. The largest absolute Gasteiger partial charge is 0.341 e. The number of carbonyl (C=O) groups excluding carboxylic acids is 1. The van der Waals surface area contributed by atoms with Crippen molar-refractivity contribution < 1.29 is 4.79 Å². The number of rotatable bonds is 4. The monoisotopic (exact) mass is 284 g/mol. The van der Waals surface area contributed by atoms with E-state index >= 15 is 0 Å². The van der Waals surface area contributed by atoms with E-state index in [0.717, 1.165) is 30.8 Å². The molecule has 0 aliphatic carbocycles. The highest BCUT2D eigenvalue weighted by molar-refractivity contribution is 5.79. The van der Waals surface area contributed by atoms with Crippen LogP contribution in [0.1, 0.15) is 12.0 Å². The molecule has 1 fully saturated rings. The molecule has 1 aromatic carbocycles. The highest BCUT2D eigenvalue weighted by Gasteiger charge is 2.22. The Bertz CT molecular complexity index is 585. The van der Waals surface area contributed by atoms with Crippen LogP contribution in [-0.2, 0) is 11.2 Å². The molecule has 0 spiro atoms. The summed E-state index contributed by atoms with van der Waals surface area (Å²) in [6, 6.07) is 10.2. The van der Waals surface area contributed by atoms with Gasteiger partial charge in [0.05, 0.1) is 12.1 Å². The molecular formula is C16H20N4O. The van der Waals surface area contributed by atoms with Gasteiger partial charge in [-0.1, -0.05) is 12.1 Å². The lowest BCUT2D eigenvalue weighted by atomic mass is 10.1. The number of benzene rings is 1. The molecule has 2 heterocycles. The lowest BCUT2D eigenvalue weighted by Gasteiger charge is -2.23. The van der Waals surface area contributed by atoms with Crippen LogP contribution in [0.3, 0.4) is 0 Å². The standard InChI is InChI=1S/C16H20N4O/c1-19(15-7-9-17-12-15)16(21)11-13-3-5-14(6-4-13)20-10-2-8-18-20/h2-6,8,10,15,17H,7,9,11-12H2,1H3. The van der Waals surface area contributed by atoms with Gasteiger partial charge in [-0.25, -0.2) is 4.68 Å². The van der Waals surface area contributed by atoms with Gasteiger partial charge < -0.3 is 10.2 Å². The maximum atomic E-state index is 12.3. The zero-order chi connectivity index (χ0) is 14.7. The summed E-state index contributed by atoms with van der Waals surface area (Å²) in [6.07, 6.45) is 5.15. The van der Waals surface area contributed by atoms with Crippen molar-refractivity contribution in [1.82, 2.24) is 20.0 Å². The molecule has 21 heavy (non-hydrogen) atoms. The van der Waals surface area contributed by atoms with Crippen molar-refractivity contribution >= 4 is 5.91 Å². The molecule has 1 aromatic heterocycles. The van der Waals surface area contributed by atoms with Gasteiger partial charge in [0.25, 0.3) is 0 Å². The van der Waals surface area contributed by atoms with Crippen molar-refractivity contribution in [2.75, 3.05) is 20.1 Å². The van der Waals surface area contributed by atoms with Gasteiger partial charge in [0.15, 0.2) is 0 Å². The Hall–Kier alpha value is -2.14. The highest BCUT2D eigenvalue weighted by Crippen LogP contribution is 2.12. The van der Waals surface area contributed by atoms with Gasteiger partial charge in [0, 0.05) is 32.0 Å². The first-order valence-corrected chi connectivity index (χ1v) is 7.29. The van der Waals surface area contributed by atoms with E-state index in [1.165, 1.54) is 0 Å². The summed E-state index contributed by atoms with van der Waals surface area (Å²) in [5.41, 5.74) is 2.04. The van der Waals surface area contributed by atoms with Gasteiger partial charge in [-0.2, -0.15) is 5.10 Å². The van der Waals surface area contributed by atoms with Crippen molar-refractivity contribution in [2.45, 2.75) is 18.9 Å². The van der Waals surface area contributed by atoms with E-state index in [-0.39, 0.29) is 5.91 Å². The Morgan fingerprint density at radius 2 is 2.24 bits per heavy atom. The third kappa shape index (κ3) is 3.13. The van der Waals surface area contributed by atoms with Crippen LogP contribution in [0.15, 0.2) is 42.7 Å². The first-order chi connectivity index (χ1) is 10.2. The zero-order valence-electron chi connectivity index (χ0n) is 12.2. The second kappa shape index (κ2) is 6.10. The highest BCUT2D eigenvalue weighted by atomic mass is 16.2. The summed E-state index contributed by atoms with van der Waals surface area (Å²) in [5.74, 6) is 0.176. The minimum Gasteiger partial charge on any atom is -0.341 e. The van der Waals surface area contributed by atoms with E-state index < -0.39 is 0 Å². The molecule has 2 aromatic rings. The van der Waals surface area contributed by atoms with Crippen LogP contribution in [-0.4, -0.2) is 46.8 Å². The summed E-state index contributed by atoms with van der Waals surface area (Å²) in [7, 11) is 1.90. The van der Waals surface area contributed by atoms with Gasteiger partial charge in [0.1, 0.15) is 0 Å². The van der Waals surface area contributed by atoms with Crippen LogP contribution in [0.4, 0.5) is 0 Å². The number of hydrogen-bond acceptors (Lipinski definition) is 3. The maximum absolute atomic E-state index is 12.3. The molecule has 0 bridgehead atoms. The molecule has 1 aliphatic rings. The Balaban J connectivity index is 1.63. The Morgan fingerprint density at radius 3 is 2.86 bits per heavy atom. The molecule has 1 saturated heterocycles. The normalized spacial score (nSPS) is 17.9. The van der Waals surface area contributed by atoms with Crippen molar-refractivity contribution in [3.05, 3.63) is 48.3 Å². The van der Waals surface area contributed by atoms with E-state index in [1.807, 2.05) is 53.2 Å². The van der Waals surface area contributed by atoms with E-state index in [2.05, 4.69) is 10.4 Å². The Labute approximate surface area is 124 Å². The van der Waals surface area contributed by atoms with Crippen molar-refractivity contribution in [3.63, 3.8) is 0 Å². The molecule has 5 nitrogen and oxygen atoms in total. The summed E-state index contributed by atoms with van der Waals surface area (Å²) in [4.78, 5) is 14.2. The smallest absolute Gasteiger partial charge is 0.227 e. The number of nitrogens with one attached hydrogen (secondary N) is 1. The predicted molar refractivity (Wildman–Crippen MR) is 81.3 cm³/mol. The van der Waals surface area contributed by atoms with Crippen molar-refractivity contribution in [1.29, 1.82) is 0 Å². The lowest BCUT2D eigenvalue weighted by Crippen LogP contribution is -2.39. The van der Waals surface area contributed by atoms with Crippen LogP contribution >= 0.6 is 0 Å². The van der Waals surface area contributed by atoms with Gasteiger partial charge in [-0.3, -0.25) is 4.79 Å². The Kier molecular flexibility index (Phi) is 4.01. The summed E-state index contributed by atoms with van der Waals surface area (Å²) < 4.78 is 1.81. The first kappa shape index (κ1) is 13.8. The third-order valence-electron chi connectivity index (χ3n) is 4.04. The second-order valence-electron chi connectivity index (χ2n) is 5.45. The van der Waals surface area contributed by atoms with Crippen LogP contribution in [0.25, 0.3) is 5.69 Å². The molecule has 5 heteroatoms. The summed E-state index contributed by atoms with van der Waals surface area (Å²) in [5, 5.41) is 7.48. The average Bonchev–Trinajstić information content (AvgIpc) is 3.20. The van der Waals surface area contributed by atoms with Crippen LogP contribution in [0.2, 0.25) is 0 Å². The second-order valence-corrected chi connectivity index (χ2v) is 5.45. The SMILES string of the molecule is CN(C(=O)Cc1ccc(-n2cccn2)cc1)C1CCNC1. The van der Waals surface area contributed by atoms with E-state index in [0.29, 0.717) is 12.5 Å². The van der Waals surface area contributed by atoms with Crippen LogP contribution in [0.5, 0.6) is 0 Å². The fourth-order valence-corrected chi connectivity index (χ4v) is 2.66. The Morgan fingerprint density at radius 1 is 1.43 bits per heavy atom. The number of nitrogens with zero attached hydrogens (tertiary/aromatic N) is 3. The molecule has 3 rings (SSSR count). The third-order valence-corrected chi connectivity index (χ3v) is 4.04. The molecule has 1 atom stereocenters. The molecule has 0 radical (unpaired) electrons. The molecular weight excluding hydrogens is 264 g/mol. The predicted octanol–water partition coefficient (Wildman–Crippen LogP) is 1.24. The topological polar surface area (TPSA) is 50.2 Å². The van der Waals surface area contributed by atoms with Crippen molar-refractivity contribution in [2.24, 2.45) is 0 Å². The molecule has 1 N–H and O–H groups in total. The quantitative estimate of drug-likeness (QED) is 0.919. The van der Waals surface area contributed by atoms with Gasteiger partial charge in [-0.05, 0) is 36.7 Å². The molecule has 1 unspecified atom stereocenters. The molecule has 1 aliphatic heterocycles. The number of likely N-dealkylation sites (N-methyl/N-ethyl adjacent to an activating group) is 1. The summed E-state index contributed by atoms with van der Waals surface area (Å²) >= 11 is 0. The molecule has 110 valence electrons. The van der Waals surface area contributed by atoms with Gasteiger partial charge in [-0.15, -0.1) is 0 Å². The van der Waals surface area contributed by atoms with E-state index in [1.54, 1.807) is 6.20 Å². The van der Waals surface area contributed by atoms with Crippen LogP contribution in [0, 0.1) is 0 Å². The number of hydrogen-bond donors (Lipinski definition) is 1. The fraction of sp³-hybridized carbons (Fsp3) is 0.375. The van der Waals surface area contributed by atoms with E-state index in [4.69, 9.17) is 0 Å². The summed E-state index contributed by atoms with van der Waals surface area (Å²) in [6.45, 7) is 1.90. The average molecular weight is 284 g/mol.